The van der Waals surface area contributed by atoms with E-state index >= 15 is 0 Å². The van der Waals surface area contributed by atoms with Crippen molar-refractivity contribution >= 4 is 27.8 Å². The molecule has 6 heteroatoms. The second-order valence-electron chi connectivity index (χ2n) is 5.49. The molecule has 1 amide bonds. The standard InChI is InChI=1S/C13H20BrN3O2/c1-13(2,3)19-12(18)16-11-7-6-9(14)10(15-11)8-17(4)5/h6-7H,8H2,1-5H3,(H,15,16,18). The van der Waals surface area contributed by atoms with Gasteiger partial charge in [0, 0.05) is 11.0 Å². The average Bonchev–Trinajstić information content (AvgIpc) is 2.19. The molecule has 0 aromatic carbocycles. The van der Waals surface area contributed by atoms with E-state index in [9.17, 15) is 4.79 Å². The summed E-state index contributed by atoms with van der Waals surface area (Å²) in [6.07, 6.45) is -0.502. The Labute approximate surface area is 122 Å². The Morgan fingerprint density at radius 3 is 2.58 bits per heavy atom. The van der Waals surface area contributed by atoms with Crippen LogP contribution in [-0.2, 0) is 11.3 Å². The Morgan fingerprint density at radius 2 is 2.05 bits per heavy atom. The van der Waals surface area contributed by atoms with Crippen LogP contribution in [0.5, 0.6) is 0 Å². The fourth-order valence-electron chi connectivity index (χ4n) is 1.37. The summed E-state index contributed by atoms with van der Waals surface area (Å²) >= 11 is 3.44. The molecule has 1 rings (SSSR count). The molecule has 106 valence electrons. The van der Waals surface area contributed by atoms with Gasteiger partial charge in [0.25, 0.3) is 0 Å². The highest BCUT2D eigenvalue weighted by atomic mass is 79.9. The number of ether oxygens (including phenoxy) is 1. The summed E-state index contributed by atoms with van der Waals surface area (Å²) in [6.45, 7) is 6.14. The summed E-state index contributed by atoms with van der Waals surface area (Å²) in [4.78, 5) is 18.0. The molecule has 0 atom stereocenters. The van der Waals surface area contributed by atoms with Crippen molar-refractivity contribution < 1.29 is 9.53 Å². The summed E-state index contributed by atoms with van der Waals surface area (Å²) < 4.78 is 6.09. The molecule has 0 aliphatic carbocycles. The molecule has 1 N–H and O–H groups in total. The highest BCUT2D eigenvalue weighted by Gasteiger charge is 2.17. The van der Waals surface area contributed by atoms with Gasteiger partial charge in [-0.05, 0) is 62.9 Å². The summed E-state index contributed by atoms with van der Waals surface area (Å²) in [5.74, 6) is 0.481. The predicted molar refractivity (Wildman–Crippen MR) is 79.2 cm³/mol. The maximum Gasteiger partial charge on any atom is 0.413 e. The van der Waals surface area contributed by atoms with Gasteiger partial charge in [-0.25, -0.2) is 9.78 Å². The van der Waals surface area contributed by atoms with Gasteiger partial charge < -0.3 is 9.64 Å². The number of aromatic nitrogens is 1. The monoisotopic (exact) mass is 329 g/mol. The normalized spacial score (nSPS) is 11.5. The number of hydrogen-bond donors (Lipinski definition) is 1. The van der Waals surface area contributed by atoms with Crippen LogP contribution in [0.15, 0.2) is 16.6 Å². The summed E-state index contributed by atoms with van der Waals surface area (Å²) in [5.41, 5.74) is 0.338. The van der Waals surface area contributed by atoms with Gasteiger partial charge in [-0.1, -0.05) is 0 Å². The third-order valence-electron chi connectivity index (χ3n) is 2.01. The van der Waals surface area contributed by atoms with E-state index in [1.54, 1.807) is 6.07 Å². The van der Waals surface area contributed by atoms with Crippen molar-refractivity contribution in [2.75, 3.05) is 19.4 Å². The smallest absolute Gasteiger partial charge is 0.413 e. The van der Waals surface area contributed by atoms with E-state index in [2.05, 4.69) is 26.2 Å². The molecule has 0 fully saturated rings. The number of halogens is 1. The van der Waals surface area contributed by atoms with Crippen LogP contribution in [0.3, 0.4) is 0 Å². The molecule has 0 bridgehead atoms. The molecule has 19 heavy (non-hydrogen) atoms. The number of rotatable bonds is 3. The highest BCUT2D eigenvalue weighted by Crippen LogP contribution is 2.19. The van der Waals surface area contributed by atoms with Crippen LogP contribution in [0.4, 0.5) is 10.6 Å². The van der Waals surface area contributed by atoms with Gasteiger partial charge >= 0.3 is 6.09 Å². The number of pyridine rings is 1. The molecule has 0 aliphatic heterocycles. The molecule has 1 heterocycles. The van der Waals surface area contributed by atoms with Crippen molar-refractivity contribution in [2.45, 2.75) is 32.9 Å². The Hall–Kier alpha value is -1.14. The third kappa shape index (κ3) is 6.02. The van der Waals surface area contributed by atoms with Crippen molar-refractivity contribution in [1.82, 2.24) is 9.88 Å². The van der Waals surface area contributed by atoms with Gasteiger partial charge in [0.15, 0.2) is 0 Å². The first-order valence-corrected chi connectivity index (χ1v) is 6.77. The third-order valence-corrected chi connectivity index (χ3v) is 2.74. The zero-order valence-electron chi connectivity index (χ0n) is 12.0. The van der Waals surface area contributed by atoms with Crippen LogP contribution in [0.25, 0.3) is 0 Å². The van der Waals surface area contributed by atoms with Crippen molar-refractivity contribution in [3.05, 3.63) is 22.3 Å². The number of anilines is 1. The second-order valence-corrected chi connectivity index (χ2v) is 6.34. The van der Waals surface area contributed by atoms with E-state index < -0.39 is 11.7 Å². The van der Waals surface area contributed by atoms with E-state index in [-0.39, 0.29) is 0 Å². The first kappa shape index (κ1) is 15.9. The molecule has 0 saturated heterocycles. The largest absolute Gasteiger partial charge is 0.444 e. The Balaban J connectivity index is 2.77. The number of hydrogen-bond acceptors (Lipinski definition) is 4. The Morgan fingerprint density at radius 1 is 1.42 bits per heavy atom. The number of carbonyl (C=O) groups excluding carboxylic acids is 1. The van der Waals surface area contributed by atoms with Gasteiger partial charge in [0.1, 0.15) is 11.4 Å². The lowest BCUT2D eigenvalue weighted by molar-refractivity contribution is 0.0635. The van der Waals surface area contributed by atoms with Crippen LogP contribution >= 0.6 is 15.9 Å². The van der Waals surface area contributed by atoms with Crippen molar-refractivity contribution in [2.24, 2.45) is 0 Å². The maximum atomic E-state index is 11.7. The van der Waals surface area contributed by atoms with Crippen LogP contribution in [0.1, 0.15) is 26.5 Å². The number of carbonyl (C=O) groups is 1. The predicted octanol–water partition coefficient (Wildman–Crippen LogP) is 3.25. The van der Waals surface area contributed by atoms with Crippen LogP contribution in [0.2, 0.25) is 0 Å². The Kier molecular flexibility index (Phi) is 5.31. The van der Waals surface area contributed by atoms with Gasteiger partial charge in [-0.15, -0.1) is 0 Å². The van der Waals surface area contributed by atoms with E-state index in [0.29, 0.717) is 12.4 Å². The van der Waals surface area contributed by atoms with Crippen LogP contribution in [-0.4, -0.2) is 35.7 Å². The zero-order chi connectivity index (χ0) is 14.6. The minimum atomic E-state index is -0.522. The van der Waals surface area contributed by atoms with Gasteiger partial charge in [-0.2, -0.15) is 0 Å². The lowest BCUT2D eigenvalue weighted by atomic mass is 10.2. The summed E-state index contributed by atoms with van der Waals surface area (Å²) in [5, 5.41) is 2.63. The molecular formula is C13H20BrN3O2. The maximum absolute atomic E-state index is 11.7. The van der Waals surface area contributed by atoms with Crippen molar-refractivity contribution in [3.8, 4) is 0 Å². The molecule has 1 aromatic rings. The molecule has 0 radical (unpaired) electrons. The topological polar surface area (TPSA) is 54.5 Å². The fraction of sp³-hybridized carbons (Fsp3) is 0.538. The minimum Gasteiger partial charge on any atom is -0.444 e. The van der Waals surface area contributed by atoms with E-state index in [1.165, 1.54) is 0 Å². The molecular weight excluding hydrogens is 310 g/mol. The second kappa shape index (κ2) is 6.34. The molecule has 0 unspecified atom stereocenters. The number of amides is 1. The van der Waals surface area contributed by atoms with Crippen LogP contribution in [0, 0.1) is 0 Å². The van der Waals surface area contributed by atoms with Gasteiger partial charge in [-0.3, -0.25) is 5.32 Å². The molecule has 0 saturated carbocycles. The van der Waals surface area contributed by atoms with Crippen molar-refractivity contribution in [1.29, 1.82) is 0 Å². The van der Waals surface area contributed by atoms with Gasteiger partial charge in [0.2, 0.25) is 0 Å². The average molecular weight is 330 g/mol. The highest BCUT2D eigenvalue weighted by molar-refractivity contribution is 9.10. The van der Waals surface area contributed by atoms with E-state index in [4.69, 9.17) is 4.74 Å². The lowest BCUT2D eigenvalue weighted by Crippen LogP contribution is -2.27. The van der Waals surface area contributed by atoms with Crippen molar-refractivity contribution in [3.63, 3.8) is 0 Å². The molecule has 5 nitrogen and oxygen atoms in total. The summed E-state index contributed by atoms with van der Waals surface area (Å²) in [6, 6.07) is 3.59. The molecule has 1 aromatic heterocycles. The quantitative estimate of drug-likeness (QED) is 0.924. The molecule has 0 aliphatic rings. The SMILES string of the molecule is CN(C)Cc1nc(NC(=O)OC(C)(C)C)ccc1Br. The van der Waals surface area contributed by atoms with Gasteiger partial charge in [0.05, 0.1) is 5.69 Å². The molecule has 0 spiro atoms. The summed E-state index contributed by atoms with van der Waals surface area (Å²) in [7, 11) is 3.92. The fourth-order valence-corrected chi connectivity index (χ4v) is 1.72. The first-order chi connectivity index (χ1) is 8.67. The number of nitrogens with zero attached hydrogens (tertiary/aromatic N) is 2. The number of nitrogens with one attached hydrogen (secondary N) is 1. The minimum absolute atomic E-state index is 0.481. The van der Waals surface area contributed by atoms with E-state index in [1.807, 2.05) is 45.8 Å². The lowest BCUT2D eigenvalue weighted by Gasteiger charge is -2.19. The zero-order valence-corrected chi connectivity index (χ0v) is 13.5. The Bertz CT molecular complexity index is 456. The van der Waals surface area contributed by atoms with E-state index in [0.717, 1.165) is 10.2 Å². The van der Waals surface area contributed by atoms with Crippen LogP contribution < -0.4 is 5.32 Å². The first-order valence-electron chi connectivity index (χ1n) is 5.97.